The molecule has 0 bridgehead atoms. The van der Waals surface area contributed by atoms with Gasteiger partial charge in [-0.05, 0) is 6.42 Å². The number of alkyl halides is 1. The Balaban J connectivity index is 3.61. The molecule has 0 aromatic rings. The Morgan fingerprint density at radius 1 is 1.55 bits per heavy atom. The highest BCUT2D eigenvalue weighted by Gasteiger charge is 2.12. The first-order chi connectivity index (χ1) is 4.95. The largest absolute Gasteiger partial charge is 0.399 e. The van der Waals surface area contributed by atoms with Crippen molar-refractivity contribution in [2.24, 2.45) is 0 Å². The van der Waals surface area contributed by atoms with Crippen LogP contribution in [0.5, 0.6) is 0 Å². The minimum atomic E-state index is -4.55. The fourth-order valence-corrected chi connectivity index (χ4v) is 0.972. The highest BCUT2D eigenvalue weighted by atomic mass is 35.5. The molecule has 0 radical (unpaired) electrons. The molecule has 0 amide bonds. The lowest BCUT2D eigenvalue weighted by Gasteiger charge is -2.06. The van der Waals surface area contributed by atoms with Crippen molar-refractivity contribution in [3.8, 4) is 0 Å². The molecule has 0 spiro atoms. The summed E-state index contributed by atoms with van der Waals surface area (Å²) in [6, 6.07) is 0. The van der Waals surface area contributed by atoms with Crippen molar-refractivity contribution in [2.45, 2.75) is 19.1 Å². The first kappa shape index (κ1) is 11.1. The van der Waals surface area contributed by atoms with Crippen molar-refractivity contribution in [2.75, 3.05) is 5.88 Å². The zero-order valence-corrected chi connectivity index (χ0v) is 7.18. The number of aliphatic hydroxyl groups excluding tert-OH is 1. The van der Waals surface area contributed by atoms with Crippen molar-refractivity contribution in [1.82, 2.24) is 0 Å². The van der Waals surface area contributed by atoms with E-state index in [1.54, 1.807) is 0 Å². The predicted octanol–water partition coefficient (Wildman–Crippen LogP) is 0.143. The van der Waals surface area contributed by atoms with E-state index in [1.165, 1.54) is 0 Å². The van der Waals surface area contributed by atoms with Gasteiger partial charge >= 0.3 is 10.4 Å². The molecule has 0 rings (SSSR count). The molecule has 2 N–H and O–H groups in total. The van der Waals surface area contributed by atoms with Crippen LogP contribution in [0.3, 0.4) is 0 Å². The second-order valence-corrected chi connectivity index (χ2v) is 3.24. The van der Waals surface area contributed by atoms with Crippen LogP contribution in [0.4, 0.5) is 0 Å². The lowest BCUT2D eigenvalue weighted by molar-refractivity contribution is -0.0253. The first-order valence-corrected chi connectivity index (χ1v) is 4.75. The molecule has 1 unspecified atom stereocenters. The Labute approximate surface area is 69.9 Å². The number of aliphatic hydroxyl groups is 1. The number of hydrogen-bond acceptors (Lipinski definition) is 4. The van der Waals surface area contributed by atoms with E-state index in [1.807, 2.05) is 0 Å². The summed E-state index contributed by atoms with van der Waals surface area (Å²) in [7, 11) is -4.55. The van der Waals surface area contributed by atoms with Crippen LogP contribution in [0.15, 0.2) is 0 Å². The summed E-state index contributed by atoms with van der Waals surface area (Å²) in [5.41, 5.74) is 0. The molecular formula is C4H9ClO5S. The molecule has 5 nitrogen and oxygen atoms in total. The average molecular weight is 205 g/mol. The van der Waals surface area contributed by atoms with Crippen LogP contribution in [-0.2, 0) is 14.6 Å². The molecule has 0 saturated heterocycles. The molecule has 11 heavy (non-hydrogen) atoms. The monoisotopic (exact) mass is 204 g/mol. The molecule has 0 aliphatic heterocycles. The molecule has 68 valence electrons. The van der Waals surface area contributed by atoms with Crippen molar-refractivity contribution in [3.05, 3.63) is 0 Å². The summed E-state index contributed by atoms with van der Waals surface area (Å²) in [6.45, 7) is 0. The van der Waals surface area contributed by atoms with E-state index in [4.69, 9.17) is 21.3 Å². The van der Waals surface area contributed by atoms with E-state index in [0.29, 0.717) is 12.3 Å². The molecule has 0 aromatic heterocycles. The van der Waals surface area contributed by atoms with Crippen LogP contribution >= 0.6 is 11.6 Å². The van der Waals surface area contributed by atoms with Gasteiger partial charge in [0.1, 0.15) is 0 Å². The Morgan fingerprint density at radius 3 is 2.45 bits per heavy atom. The second-order valence-electron chi connectivity index (χ2n) is 1.81. The maximum Gasteiger partial charge on any atom is 0.399 e. The molecule has 0 fully saturated rings. The Kier molecular flexibility index (Phi) is 4.94. The van der Waals surface area contributed by atoms with E-state index in [9.17, 15) is 8.42 Å². The third kappa shape index (κ3) is 8.02. The van der Waals surface area contributed by atoms with Crippen molar-refractivity contribution in [1.29, 1.82) is 0 Å². The van der Waals surface area contributed by atoms with Crippen LogP contribution < -0.4 is 0 Å². The Morgan fingerprint density at radius 2 is 2.09 bits per heavy atom. The lowest BCUT2D eigenvalue weighted by atomic mass is 10.3. The van der Waals surface area contributed by atoms with Gasteiger partial charge in [0.25, 0.3) is 0 Å². The van der Waals surface area contributed by atoms with E-state index < -0.39 is 16.7 Å². The van der Waals surface area contributed by atoms with E-state index in [0.717, 1.165) is 0 Å². The minimum Gasteiger partial charge on any atom is -0.367 e. The highest BCUT2D eigenvalue weighted by Crippen LogP contribution is 2.02. The SMILES string of the molecule is O=S(=O)(O)OC(O)CCCCl. The first-order valence-electron chi connectivity index (χ1n) is 2.85. The average Bonchev–Trinajstić information content (AvgIpc) is 1.79. The standard InChI is InChI=1S/C4H9ClO5S/c5-3-1-2-4(6)10-11(7,8)9/h4,6H,1-3H2,(H,7,8,9). The third-order valence-electron chi connectivity index (χ3n) is 0.817. The zero-order valence-electron chi connectivity index (χ0n) is 5.60. The van der Waals surface area contributed by atoms with E-state index in [-0.39, 0.29) is 6.42 Å². The second kappa shape index (κ2) is 4.89. The molecule has 1 atom stereocenters. The molecule has 0 saturated carbocycles. The maximum atomic E-state index is 9.95. The molecule has 0 aliphatic rings. The third-order valence-corrected chi connectivity index (χ3v) is 1.55. The summed E-state index contributed by atoms with van der Waals surface area (Å²) < 4.78 is 31.7. The molecule has 7 heteroatoms. The quantitative estimate of drug-likeness (QED) is 0.378. The van der Waals surface area contributed by atoms with Crippen LogP contribution in [0.25, 0.3) is 0 Å². The summed E-state index contributed by atoms with van der Waals surface area (Å²) in [6.07, 6.45) is -1.02. The number of rotatable bonds is 5. The van der Waals surface area contributed by atoms with E-state index in [2.05, 4.69) is 4.18 Å². The van der Waals surface area contributed by atoms with Gasteiger partial charge in [-0.3, -0.25) is 4.55 Å². The van der Waals surface area contributed by atoms with Crippen molar-refractivity contribution < 1.29 is 22.3 Å². The van der Waals surface area contributed by atoms with Gasteiger partial charge in [0, 0.05) is 12.3 Å². The van der Waals surface area contributed by atoms with Gasteiger partial charge in [0.15, 0.2) is 6.29 Å². The van der Waals surface area contributed by atoms with Crippen LogP contribution in [0.2, 0.25) is 0 Å². The summed E-state index contributed by atoms with van der Waals surface area (Å²) >= 11 is 5.24. The Bertz CT molecular complexity index is 189. The summed E-state index contributed by atoms with van der Waals surface area (Å²) in [5, 5.41) is 8.70. The van der Waals surface area contributed by atoms with Crippen molar-refractivity contribution in [3.63, 3.8) is 0 Å². The topological polar surface area (TPSA) is 83.8 Å². The Hall–Kier alpha value is 0.120. The zero-order chi connectivity index (χ0) is 8.91. The van der Waals surface area contributed by atoms with E-state index >= 15 is 0 Å². The van der Waals surface area contributed by atoms with Gasteiger partial charge in [-0.1, -0.05) is 0 Å². The molecule has 0 aliphatic carbocycles. The van der Waals surface area contributed by atoms with Gasteiger partial charge < -0.3 is 5.11 Å². The molecule has 0 aromatic carbocycles. The minimum absolute atomic E-state index is 0.0727. The molecular weight excluding hydrogens is 196 g/mol. The van der Waals surface area contributed by atoms with Crippen LogP contribution in [0, 0.1) is 0 Å². The van der Waals surface area contributed by atoms with Crippen LogP contribution in [0.1, 0.15) is 12.8 Å². The van der Waals surface area contributed by atoms with Gasteiger partial charge in [0.2, 0.25) is 0 Å². The fourth-order valence-electron chi connectivity index (χ4n) is 0.440. The smallest absolute Gasteiger partial charge is 0.367 e. The summed E-state index contributed by atoms with van der Waals surface area (Å²) in [4.78, 5) is 0. The normalized spacial score (nSPS) is 14.8. The highest BCUT2D eigenvalue weighted by molar-refractivity contribution is 7.80. The van der Waals surface area contributed by atoms with Crippen molar-refractivity contribution >= 4 is 22.0 Å². The fraction of sp³-hybridized carbons (Fsp3) is 1.00. The lowest BCUT2D eigenvalue weighted by Crippen LogP contribution is -2.17. The van der Waals surface area contributed by atoms with Crippen LogP contribution in [-0.4, -0.2) is 30.2 Å². The predicted molar refractivity (Wildman–Crippen MR) is 38.6 cm³/mol. The maximum absolute atomic E-state index is 9.95. The number of halogens is 1. The van der Waals surface area contributed by atoms with Gasteiger partial charge in [-0.2, -0.15) is 8.42 Å². The van der Waals surface area contributed by atoms with Gasteiger partial charge in [-0.25, -0.2) is 4.18 Å². The molecule has 0 heterocycles. The van der Waals surface area contributed by atoms with Gasteiger partial charge in [-0.15, -0.1) is 11.6 Å². The van der Waals surface area contributed by atoms with Gasteiger partial charge in [0.05, 0.1) is 0 Å². The summed E-state index contributed by atoms with van der Waals surface area (Å²) in [5.74, 6) is 0.298. The number of hydrogen-bond donors (Lipinski definition) is 2.